The van der Waals surface area contributed by atoms with Crippen LogP contribution in [0.2, 0.25) is 0 Å². The Kier molecular flexibility index (Phi) is 50.4. The average molecular weight is 905 g/mol. The van der Waals surface area contributed by atoms with Crippen LogP contribution in [-0.4, -0.2) is 37.2 Å². The van der Waals surface area contributed by atoms with Gasteiger partial charge in [-0.25, -0.2) is 0 Å². The molecule has 6 nitrogen and oxygen atoms in total. The van der Waals surface area contributed by atoms with Gasteiger partial charge in [0.25, 0.3) is 0 Å². The van der Waals surface area contributed by atoms with Crippen molar-refractivity contribution in [3.63, 3.8) is 0 Å². The molecular formula is C59H100O6. The van der Waals surface area contributed by atoms with Crippen LogP contribution >= 0.6 is 0 Å². The number of ether oxygens (including phenoxy) is 3. The number of hydrogen-bond acceptors (Lipinski definition) is 6. The van der Waals surface area contributed by atoms with E-state index in [9.17, 15) is 14.4 Å². The Hall–Kier alpha value is -3.41. The highest BCUT2D eigenvalue weighted by Gasteiger charge is 2.19. The SMILES string of the molecule is CC/C=C/C=C/C=C/CCCCCCCC(=O)OCC(COC(=O)CCCCCCC/C=C/C=C/C=C/CCCCCCC)OC(=O)CCCCCCC/C=C/CCCCCCCCC. The van der Waals surface area contributed by atoms with E-state index in [0.717, 1.165) is 122 Å². The van der Waals surface area contributed by atoms with E-state index in [1.54, 1.807) is 0 Å². The molecule has 0 aromatic heterocycles. The molecule has 0 amide bonds. The number of rotatable bonds is 48. The lowest BCUT2D eigenvalue weighted by molar-refractivity contribution is -0.167. The molecule has 6 heteroatoms. The number of carbonyl (C=O) groups is 3. The van der Waals surface area contributed by atoms with Gasteiger partial charge in [-0.3, -0.25) is 14.4 Å². The predicted molar refractivity (Wildman–Crippen MR) is 279 cm³/mol. The van der Waals surface area contributed by atoms with E-state index in [4.69, 9.17) is 14.2 Å². The zero-order valence-corrected chi connectivity index (χ0v) is 42.5. The molecule has 0 aliphatic rings. The first kappa shape index (κ1) is 61.6. The zero-order valence-electron chi connectivity index (χ0n) is 42.5. The molecule has 0 rings (SSSR count). The average Bonchev–Trinajstić information content (AvgIpc) is 3.30. The van der Waals surface area contributed by atoms with E-state index in [-0.39, 0.29) is 31.1 Å². The van der Waals surface area contributed by atoms with Gasteiger partial charge in [0, 0.05) is 19.3 Å². The molecule has 0 aromatic rings. The molecular weight excluding hydrogens is 805 g/mol. The molecule has 0 bridgehead atoms. The summed E-state index contributed by atoms with van der Waals surface area (Å²) < 4.78 is 16.8. The Morgan fingerprint density at radius 2 is 0.615 bits per heavy atom. The fraction of sp³-hybridized carbons (Fsp3) is 0.712. The van der Waals surface area contributed by atoms with Crippen molar-refractivity contribution in [2.75, 3.05) is 13.2 Å². The van der Waals surface area contributed by atoms with Crippen LogP contribution in [-0.2, 0) is 28.6 Å². The maximum absolute atomic E-state index is 12.8. The molecule has 0 N–H and O–H groups in total. The lowest BCUT2D eigenvalue weighted by atomic mass is 10.1. The Bertz CT molecular complexity index is 1270. The summed E-state index contributed by atoms with van der Waals surface area (Å²) in [6.45, 7) is 6.45. The van der Waals surface area contributed by atoms with E-state index >= 15 is 0 Å². The van der Waals surface area contributed by atoms with Crippen LogP contribution in [0.25, 0.3) is 0 Å². The van der Waals surface area contributed by atoms with Gasteiger partial charge in [-0.05, 0) is 89.9 Å². The van der Waals surface area contributed by atoms with E-state index in [1.807, 2.05) is 0 Å². The summed E-state index contributed by atoms with van der Waals surface area (Å²) in [5.41, 5.74) is 0. The minimum absolute atomic E-state index is 0.0976. The van der Waals surface area contributed by atoms with Gasteiger partial charge in [-0.1, -0.05) is 228 Å². The van der Waals surface area contributed by atoms with Crippen molar-refractivity contribution in [1.82, 2.24) is 0 Å². The van der Waals surface area contributed by atoms with Crippen LogP contribution in [0.3, 0.4) is 0 Å². The molecule has 0 heterocycles. The van der Waals surface area contributed by atoms with Gasteiger partial charge in [0.15, 0.2) is 6.10 Å². The van der Waals surface area contributed by atoms with Crippen molar-refractivity contribution >= 4 is 17.9 Å². The smallest absolute Gasteiger partial charge is 0.306 e. The zero-order chi connectivity index (χ0) is 47.2. The summed E-state index contributed by atoms with van der Waals surface area (Å²) >= 11 is 0. The Morgan fingerprint density at radius 1 is 0.323 bits per heavy atom. The van der Waals surface area contributed by atoms with Crippen molar-refractivity contribution in [1.29, 1.82) is 0 Å². The van der Waals surface area contributed by atoms with Crippen molar-refractivity contribution in [3.8, 4) is 0 Å². The molecule has 65 heavy (non-hydrogen) atoms. The summed E-state index contributed by atoms with van der Waals surface area (Å²) in [5, 5.41) is 0. The first-order valence-electron chi connectivity index (χ1n) is 27.2. The number of esters is 3. The van der Waals surface area contributed by atoms with E-state index < -0.39 is 6.10 Å². The van der Waals surface area contributed by atoms with Gasteiger partial charge in [0.1, 0.15) is 13.2 Å². The minimum Gasteiger partial charge on any atom is -0.462 e. The molecule has 0 aliphatic carbocycles. The van der Waals surface area contributed by atoms with Crippen molar-refractivity contribution in [2.45, 2.75) is 258 Å². The molecule has 0 fully saturated rings. The minimum atomic E-state index is -0.798. The topological polar surface area (TPSA) is 78.9 Å². The van der Waals surface area contributed by atoms with Crippen LogP contribution in [0.1, 0.15) is 252 Å². The summed E-state index contributed by atoms with van der Waals surface area (Å²) in [5.74, 6) is -0.943. The number of carbonyl (C=O) groups excluding carboxylic acids is 3. The second-order valence-electron chi connectivity index (χ2n) is 17.9. The van der Waals surface area contributed by atoms with Crippen molar-refractivity contribution < 1.29 is 28.6 Å². The highest BCUT2D eigenvalue weighted by molar-refractivity contribution is 5.71. The standard InChI is InChI=1S/C59H100O6/c1-4-7-10-13-16-19-22-25-27-29-30-32-34-37-40-43-46-49-52-58(61)64-55-56(54-63-57(60)51-48-45-42-39-36-33-24-21-18-15-12-9-6-3)65-59(62)53-50-47-44-41-38-35-31-28-26-23-20-17-14-11-8-5-2/h9,12,15,18,21-22,24-25,27-32,56H,4-8,10-11,13-14,16-17,19-20,23,26,33-55H2,1-3H3/b12-9+,18-15+,24-21+,25-22+,29-27+,31-28+,32-30+. The van der Waals surface area contributed by atoms with Gasteiger partial charge >= 0.3 is 17.9 Å². The fourth-order valence-corrected chi connectivity index (χ4v) is 7.38. The first-order valence-corrected chi connectivity index (χ1v) is 27.2. The lowest BCUT2D eigenvalue weighted by Crippen LogP contribution is -2.30. The first-order chi connectivity index (χ1) is 32.0. The highest BCUT2D eigenvalue weighted by atomic mass is 16.6. The third-order valence-corrected chi connectivity index (χ3v) is 11.5. The molecule has 0 saturated carbocycles. The van der Waals surface area contributed by atoms with Crippen LogP contribution < -0.4 is 0 Å². The maximum Gasteiger partial charge on any atom is 0.306 e. The normalized spacial score (nSPS) is 12.7. The Morgan fingerprint density at radius 3 is 0.969 bits per heavy atom. The largest absolute Gasteiger partial charge is 0.462 e. The van der Waals surface area contributed by atoms with E-state index in [1.165, 1.54) is 89.9 Å². The number of unbranched alkanes of at least 4 members (excludes halogenated alkanes) is 27. The van der Waals surface area contributed by atoms with Crippen LogP contribution in [0.5, 0.6) is 0 Å². The fourth-order valence-electron chi connectivity index (χ4n) is 7.38. The van der Waals surface area contributed by atoms with Gasteiger partial charge in [-0.2, -0.15) is 0 Å². The summed E-state index contributed by atoms with van der Waals surface area (Å²) in [6, 6.07) is 0. The molecule has 372 valence electrons. The molecule has 0 aliphatic heterocycles. The molecule has 1 unspecified atom stereocenters. The monoisotopic (exact) mass is 905 g/mol. The molecule has 1 atom stereocenters. The quantitative estimate of drug-likeness (QED) is 0.0199. The second kappa shape index (κ2) is 53.2. The van der Waals surface area contributed by atoms with Gasteiger partial charge < -0.3 is 14.2 Å². The lowest BCUT2D eigenvalue weighted by Gasteiger charge is -2.18. The molecule has 0 radical (unpaired) electrons. The molecule has 0 saturated heterocycles. The van der Waals surface area contributed by atoms with Crippen LogP contribution in [0.4, 0.5) is 0 Å². The summed E-state index contributed by atoms with van der Waals surface area (Å²) in [6.07, 6.45) is 68.5. The third-order valence-electron chi connectivity index (χ3n) is 11.5. The van der Waals surface area contributed by atoms with Crippen molar-refractivity contribution in [2.24, 2.45) is 0 Å². The Balaban J connectivity index is 4.46. The predicted octanol–water partition coefficient (Wildman–Crippen LogP) is 18.0. The second-order valence-corrected chi connectivity index (χ2v) is 17.9. The van der Waals surface area contributed by atoms with Gasteiger partial charge in [0.05, 0.1) is 0 Å². The van der Waals surface area contributed by atoms with Crippen molar-refractivity contribution in [3.05, 3.63) is 85.1 Å². The van der Waals surface area contributed by atoms with Gasteiger partial charge in [0.2, 0.25) is 0 Å². The van der Waals surface area contributed by atoms with E-state index in [2.05, 4.69) is 106 Å². The van der Waals surface area contributed by atoms with Gasteiger partial charge in [-0.15, -0.1) is 0 Å². The van der Waals surface area contributed by atoms with Crippen LogP contribution in [0, 0.1) is 0 Å². The third kappa shape index (κ3) is 51.4. The van der Waals surface area contributed by atoms with E-state index in [0.29, 0.717) is 19.3 Å². The number of hydrogen-bond donors (Lipinski definition) is 0. The summed E-state index contributed by atoms with van der Waals surface area (Å²) in [7, 11) is 0. The Labute approximate surface area is 401 Å². The molecule has 0 spiro atoms. The molecule has 0 aromatic carbocycles. The number of allylic oxidation sites excluding steroid dienone is 14. The maximum atomic E-state index is 12.8. The van der Waals surface area contributed by atoms with Crippen LogP contribution in [0.15, 0.2) is 85.1 Å². The highest BCUT2D eigenvalue weighted by Crippen LogP contribution is 2.14. The summed E-state index contributed by atoms with van der Waals surface area (Å²) in [4.78, 5) is 38.0.